The molecule has 0 unspecified atom stereocenters. The van der Waals surface area contributed by atoms with Crippen molar-refractivity contribution >= 4 is 17.5 Å². The third-order valence-corrected chi connectivity index (χ3v) is 4.65. The van der Waals surface area contributed by atoms with Crippen LogP contribution in [-0.2, 0) is 11.4 Å². The lowest BCUT2D eigenvalue weighted by Crippen LogP contribution is -2.25. The summed E-state index contributed by atoms with van der Waals surface area (Å²) in [6, 6.07) is 20.0. The molecule has 0 saturated heterocycles. The van der Waals surface area contributed by atoms with Crippen LogP contribution in [0.5, 0.6) is 11.5 Å². The predicted molar refractivity (Wildman–Crippen MR) is 120 cm³/mol. The van der Waals surface area contributed by atoms with E-state index in [2.05, 4.69) is 10.6 Å². The summed E-state index contributed by atoms with van der Waals surface area (Å²) in [5.41, 5.74) is 2.00. The zero-order valence-corrected chi connectivity index (χ0v) is 17.8. The van der Waals surface area contributed by atoms with Crippen LogP contribution >= 0.6 is 0 Å². The third-order valence-electron chi connectivity index (χ3n) is 4.65. The van der Waals surface area contributed by atoms with Crippen molar-refractivity contribution in [3.63, 3.8) is 0 Å². The van der Waals surface area contributed by atoms with Gasteiger partial charge < -0.3 is 20.1 Å². The normalized spacial score (nSPS) is 10.3. The number of amides is 2. The molecule has 166 valence electrons. The van der Waals surface area contributed by atoms with Crippen LogP contribution in [0.2, 0.25) is 0 Å². The number of carbonyl (C=O) groups is 2. The van der Waals surface area contributed by atoms with Crippen LogP contribution in [0.25, 0.3) is 0 Å². The minimum absolute atomic E-state index is 0.153. The fourth-order valence-corrected chi connectivity index (χ4v) is 2.93. The topological polar surface area (TPSA) is 76.7 Å². The van der Waals surface area contributed by atoms with E-state index in [0.717, 1.165) is 5.56 Å². The van der Waals surface area contributed by atoms with Crippen molar-refractivity contribution in [1.82, 2.24) is 5.32 Å². The maximum Gasteiger partial charge on any atom is 0.251 e. The van der Waals surface area contributed by atoms with Gasteiger partial charge >= 0.3 is 0 Å². The average Bonchev–Trinajstić information content (AvgIpc) is 2.81. The van der Waals surface area contributed by atoms with Crippen LogP contribution in [0.3, 0.4) is 0 Å². The van der Waals surface area contributed by atoms with Gasteiger partial charge in [0.1, 0.15) is 23.9 Å². The molecule has 0 aromatic heterocycles. The highest BCUT2D eigenvalue weighted by Gasteiger charge is 2.07. The fraction of sp³-hybridized carbons (Fsp3) is 0.200. The second-order valence-corrected chi connectivity index (χ2v) is 7.08. The second kappa shape index (κ2) is 11.5. The van der Waals surface area contributed by atoms with E-state index in [1.807, 2.05) is 0 Å². The molecular formula is C25H25FN2O4. The van der Waals surface area contributed by atoms with Gasteiger partial charge in [0.25, 0.3) is 5.91 Å². The summed E-state index contributed by atoms with van der Waals surface area (Å²) in [7, 11) is 1.57. The lowest BCUT2D eigenvalue weighted by molar-refractivity contribution is -0.116. The molecule has 6 nitrogen and oxygen atoms in total. The van der Waals surface area contributed by atoms with Gasteiger partial charge in [0.05, 0.1) is 7.11 Å². The first-order valence-corrected chi connectivity index (χ1v) is 10.2. The third kappa shape index (κ3) is 7.12. The number of methoxy groups -OCH3 is 1. The van der Waals surface area contributed by atoms with Gasteiger partial charge in [-0.15, -0.1) is 0 Å². The fourth-order valence-electron chi connectivity index (χ4n) is 2.93. The van der Waals surface area contributed by atoms with Crippen molar-refractivity contribution in [2.75, 3.05) is 19.0 Å². The molecule has 0 aliphatic rings. The number of hydrogen-bond donors (Lipinski definition) is 2. The maximum absolute atomic E-state index is 13.0. The molecule has 3 aromatic rings. The number of benzene rings is 3. The van der Waals surface area contributed by atoms with Crippen LogP contribution in [0.1, 0.15) is 28.8 Å². The highest BCUT2D eigenvalue weighted by atomic mass is 19.1. The highest BCUT2D eigenvalue weighted by molar-refractivity contribution is 5.94. The number of hydrogen-bond acceptors (Lipinski definition) is 4. The zero-order valence-electron chi connectivity index (χ0n) is 17.8. The first-order valence-electron chi connectivity index (χ1n) is 10.2. The maximum atomic E-state index is 13.0. The first kappa shape index (κ1) is 22.8. The summed E-state index contributed by atoms with van der Waals surface area (Å²) in [6.07, 6.45) is 0.776. The van der Waals surface area contributed by atoms with Gasteiger partial charge in [-0.25, -0.2) is 4.39 Å². The molecule has 0 radical (unpaired) electrons. The molecule has 0 spiro atoms. The summed E-state index contributed by atoms with van der Waals surface area (Å²) >= 11 is 0. The molecule has 32 heavy (non-hydrogen) atoms. The van der Waals surface area contributed by atoms with Gasteiger partial charge in [0.15, 0.2) is 0 Å². The molecule has 0 atom stereocenters. The van der Waals surface area contributed by atoms with E-state index in [1.165, 1.54) is 12.1 Å². The zero-order chi connectivity index (χ0) is 22.8. The molecule has 0 aliphatic carbocycles. The van der Waals surface area contributed by atoms with Crippen molar-refractivity contribution in [1.29, 1.82) is 0 Å². The number of nitrogens with one attached hydrogen (secondary N) is 2. The summed E-state index contributed by atoms with van der Waals surface area (Å²) in [5, 5.41) is 5.62. The molecule has 0 aliphatic heterocycles. The molecule has 3 aromatic carbocycles. The molecule has 0 saturated carbocycles. The summed E-state index contributed by atoms with van der Waals surface area (Å²) in [5.74, 6) is 0.638. The molecule has 7 heteroatoms. The Morgan fingerprint density at radius 3 is 2.41 bits per heavy atom. The van der Waals surface area contributed by atoms with E-state index < -0.39 is 0 Å². The van der Waals surface area contributed by atoms with Gasteiger partial charge in [0, 0.05) is 30.3 Å². The number of rotatable bonds is 10. The van der Waals surface area contributed by atoms with Crippen LogP contribution in [0.15, 0.2) is 72.8 Å². The largest absolute Gasteiger partial charge is 0.497 e. The van der Waals surface area contributed by atoms with Crippen molar-refractivity contribution in [2.45, 2.75) is 19.4 Å². The molecule has 2 amide bonds. The molecule has 0 heterocycles. The minimum Gasteiger partial charge on any atom is -0.497 e. The van der Waals surface area contributed by atoms with E-state index in [1.54, 1.807) is 67.8 Å². The van der Waals surface area contributed by atoms with Gasteiger partial charge in [-0.3, -0.25) is 9.59 Å². The van der Waals surface area contributed by atoms with E-state index in [-0.39, 0.29) is 24.1 Å². The van der Waals surface area contributed by atoms with Crippen LogP contribution in [0.4, 0.5) is 10.1 Å². The van der Waals surface area contributed by atoms with E-state index >= 15 is 0 Å². The molecule has 0 bridgehead atoms. The SMILES string of the molecule is COc1ccc(C(=O)NCCCC(=O)Nc2cccc(OCc3ccc(F)cc3)c2)cc1. The van der Waals surface area contributed by atoms with Crippen molar-refractivity contribution < 1.29 is 23.5 Å². The molecule has 0 fully saturated rings. The predicted octanol–water partition coefficient (Wildman–Crippen LogP) is 4.56. The Labute approximate surface area is 186 Å². The van der Waals surface area contributed by atoms with Gasteiger partial charge in [0.2, 0.25) is 5.91 Å². The highest BCUT2D eigenvalue weighted by Crippen LogP contribution is 2.19. The van der Waals surface area contributed by atoms with Crippen LogP contribution in [0, 0.1) is 5.82 Å². The van der Waals surface area contributed by atoms with Crippen molar-refractivity contribution in [2.24, 2.45) is 0 Å². The molecule has 3 rings (SSSR count). The van der Waals surface area contributed by atoms with E-state index in [4.69, 9.17) is 9.47 Å². The number of halogens is 1. The lowest BCUT2D eigenvalue weighted by atomic mass is 10.2. The molecule has 2 N–H and O–H groups in total. The van der Waals surface area contributed by atoms with E-state index in [0.29, 0.717) is 42.3 Å². The minimum atomic E-state index is -0.293. The second-order valence-electron chi connectivity index (χ2n) is 7.08. The summed E-state index contributed by atoms with van der Waals surface area (Å²) in [6.45, 7) is 0.685. The Hall–Kier alpha value is -3.87. The van der Waals surface area contributed by atoms with E-state index in [9.17, 15) is 14.0 Å². The van der Waals surface area contributed by atoms with Gasteiger partial charge in [-0.05, 0) is 60.5 Å². The number of ether oxygens (including phenoxy) is 2. The Kier molecular flexibility index (Phi) is 8.20. The Bertz CT molecular complexity index is 1040. The van der Waals surface area contributed by atoms with Gasteiger partial charge in [-0.1, -0.05) is 18.2 Å². The Balaban J connectivity index is 1.39. The number of carbonyl (C=O) groups excluding carboxylic acids is 2. The lowest BCUT2D eigenvalue weighted by Gasteiger charge is -2.10. The summed E-state index contributed by atoms with van der Waals surface area (Å²) in [4.78, 5) is 24.3. The smallest absolute Gasteiger partial charge is 0.251 e. The van der Waals surface area contributed by atoms with Crippen molar-refractivity contribution in [3.8, 4) is 11.5 Å². The Morgan fingerprint density at radius 2 is 1.69 bits per heavy atom. The van der Waals surface area contributed by atoms with Crippen molar-refractivity contribution in [3.05, 3.63) is 89.7 Å². The van der Waals surface area contributed by atoms with Crippen LogP contribution in [-0.4, -0.2) is 25.5 Å². The van der Waals surface area contributed by atoms with Crippen LogP contribution < -0.4 is 20.1 Å². The number of anilines is 1. The Morgan fingerprint density at radius 1 is 0.938 bits per heavy atom. The monoisotopic (exact) mass is 436 g/mol. The first-order chi connectivity index (χ1) is 15.5. The standard InChI is InChI=1S/C25H25FN2O4/c1-31-22-13-9-19(10-14-22)25(30)27-15-3-6-24(29)28-21-4-2-5-23(16-21)32-17-18-7-11-20(26)12-8-18/h2,4-5,7-14,16H,3,6,15,17H2,1H3,(H,27,30)(H,28,29). The molecular weight excluding hydrogens is 411 g/mol. The summed E-state index contributed by atoms with van der Waals surface area (Å²) < 4.78 is 23.8. The van der Waals surface area contributed by atoms with Gasteiger partial charge in [-0.2, -0.15) is 0 Å². The quantitative estimate of drug-likeness (QED) is 0.457. The average molecular weight is 436 g/mol.